The molecule has 2 N–H and O–H groups in total. The van der Waals surface area contributed by atoms with Crippen molar-refractivity contribution in [3.63, 3.8) is 0 Å². The summed E-state index contributed by atoms with van der Waals surface area (Å²) in [6, 6.07) is 9.38. The molecule has 31 heavy (non-hydrogen) atoms. The van der Waals surface area contributed by atoms with Crippen LogP contribution in [0.2, 0.25) is 0 Å². The minimum Gasteiger partial charge on any atom is -0.493 e. The second kappa shape index (κ2) is 11.0. The van der Waals surface area contributed by atoms with Gasteiger partial charge in [-0.3, -0.25) is 9.59 Å². The van der Waals surface area contributed by atoms with Crippen molar-refractivity contribution in [2.75, 3.05) is 19.0 Å². The summed E-state index contributed by atoms with van der Waals surface area (Å²) >= 11 is 0. The molecule has 0 heterocycles. The number of alkyl halides is 3. The Balaban J connectivity index is 1.82. The Morgan fingerprint density at radius 3 is 2.48 bits per heavy atom. The lowest BCUT2D eigenvalue weighted by Gasteiger charge is -2.10. The lowest BCUT2D eigenvalue weighted by Crippen LogP contribution is -2.20. The summed E-state index contributed by atoms with van der Waals surface area (Å²) in [4.78, 5) is 23.7. The number of amides is 2. The Hall–Kier alpha value is -3.56. The number of hydrogen-bond donors (Lipinski definition) is 2. The number of nitrogens with one attached hydrogen (secondary N) is 2. The molecule has 0 atom stereocenters. The number of anilines is 1. The zero-order valence-electron chi connectivity index (χ0n) is 17.0. The van der Waals surface area contributed by atoms with Crippen LogP contribution in [0.5, 0.6) is 11.5 Å². The SMILES string of the molecule is CCOc1ccc(C=NNC(=O)CCC(=O)Nc2cccc(C(F)(F)F)c2)cc1OC. The van der Waals surface area contributed by atoms with Crippen LogP contribution in [0.25, 0.3) is 0 Å². The van der Waals surface area contributed by atoms with Crippen molar-refractivity contribution in [2.45, 2.75) is 25.9 Å². The molecule has 2 aromatic carbocycles. The van der Waals surface area contributed by atoms with Crippen LogP contribution in [0, 0.1) is 0 Å². The molecular formula is C21H22F3N3O4. The first-order chi connectivity index (χ1) is 14.7. The monoisotopic (exact) mass is 437 g/mol. The summed E-state index contributed by atoms with van der Waals surface area (Å²) in [7, 11) is 1.50. The Morgan fingerprint density at radius 1 is 1.06 bits per heavy atom. The molecule has 0 aromatic heterocycles. The van der Waals surface area contributed by atoms with Crippen molar-refractivity contribution in [3.8, 4) is 11.5 Å². The first-order valence-electron chi connectivity index (χ1n) is 9.32. The molecule has 7 nitrogen and oxygen atoms in total. The van der Waals surface area contributed by atoms with Gasteiger partial charge in [0.2, 0.25) is 11.8 Å². The van der Waals surface area contributed by atoms with E-state index in [0.29, 0.717) is 23.7 Å². The predicted octanol–water partition coefficient (Wildman–Crippen LogP) is 3.98. The highest BCUT2D eigenvalue weighted by molar-refractivity contribution is 5.93. The highest BCUT2D eigenvalue weighted by atomic mass is 19.4. The van der Waals surface area contributed by atoms with E-state index in [-0.39, 0.29) is 18.5 Å². The van der Waals surface area contributed by atoms with E-state index in [1.165, 1.54) is 25.5 Å². The molecule has 166 valence electrons. The van der Waals surface area contributed by atoms with Gasteiger partial charge in [0, 0.05) is 18.5 Å². The summed E-state index contributed by atoms with van der Waals surface area (Å²) in [5.41, 5.74) is 2.07. The first kappa shape index (κ1) is 23.7. The molecule has 0 bridgehead atoms. The van der Waals surface area contributed by atoms with Crippen molar-refractivity contribution in [1.82, 2.24) is 5.43 Å². The first-order valence-corrected chi connectivity index (χ1v) is 9.32. The van der Waals surface area contributed by atoms with Gasteiger partial charge in [-0.2, -0.15) is 18.3 Å². The average Bonchev–Trinajstić information content (AvgIpc) is 2.73. The number of hydrazone groups is 1. The van der Waals surface area contributed by atoms with E-state index >= 15 is 0 Å². The van der Waals surface area contributed by atoms with Crippen molar-refractivity contribution < 1.29 is 32.2 Å². The van der Waals surface area contributed by atoms with Gasteiger partial charge in [-0.1, -0.05) is 6.07 Å². The van der Waals surface area contributed by atoms with E-state index in [1.54, 1.807) is 18.2 Å². The van der Waals surface area contributed by atoms with Gasteiger partial charge in [0.15, 0.2) is 11.5 Å². The predicted molar refractivity (Wildman–Crippen MR) is 109 cm³/mol. The molecule has 0 saturated heterocycles. The maximum atomic E-state index is 12.7. The van der Waals surface area contributed by atoms with Crippen LogP contribution >= 0.6 is 0 Å². The van der Waals surface area contributed by atoms with Crippen molar-refractivity contribution in [3.05, 3.63) is 53.6 Å². The molecule has 10 heteroatoms. The van der Waals surface area contributed by atoms with E-state index in [9.17, 15) is 22.8 Å². The fourth-order valence-electron chi connectivity index (χ4n) is 2.50. The van der Waals surface area contributed by atoms with Crippen LogP contribution < -0.4 is 20.2 Å². The molecule has 0 saturated carbocycles. The third kappa shape index (κ3) is 7.65. The molecule has 0 aliphatic carbocycles. The number of benzene rings is 2. The quantitative estimate of drug-likeness (QED) is 0.459. The molecule has 0 unspecified atom stereocenters. The summed E-state index contributed by atoms with van der Waals surface area (Å²) in [6.45, 7) is 2.34. The normalized spacial score (nSPS) is 11.3. The van der Waals surface area contributed by atoms with Gasteiger partial charge in [0.1, 0.15) is 0 Å². The summed E-state index contributed by atoms with van der Waals surface area (Å²) in [5, 5.41) is 6.15. The smallest absolute Gasteiger partial charge is 0.416 e. The molecule has 0 radical (unpaired) electrons. The zero-order chi connectivity index (χ0) is 22.9. The van der Waals surface area contributed by atoms with E-state index < -0.39 is 23.6 Å². The molecule has 2 rings (SSSR count). The van der Waals surface area contributed by atoms with Crippen LogP contribution in [0.4, 0.5) is 18.9 Å². The van der Waals surface area contributed by atoms with Crippen LogP contribution in [0.15, 0.2) is 47.6 Å². The van der Waals surface area contributed by atoms with Gasteiger partial charge in [-0.05, 0) is 48.9 Å². The van der Waals surface area contributed by atoms with Crippen molar-refractivity contribution >= 4 is 23.7 Å². The Labute approximate surface area is 177 Å². The number of carbonyl (C=O) groups excluding carboxylic acids is 2. The standard InChI is InChI=1S/C21H22F3N3O4/c1-3-31-17-8-7-14(11-18(17)30-2)13-25-27-20(29)10-9-19(28)26-16-6-4-5-15(12-16)21(22,23)24/h4-8,11-13H,3,9-10H2,1-2H3,(H,26,28)(H,27,29). The maximum Gasteiger partial charge on any atom is 0.416 e. The minimum absolute atomic E-state index is 0.00250. The Bertz CT molecular complexity index is 946. The topological polar surface area (TPSA) is 89.0 Å². The fourth-order valence-corrected chi connectivity index (χ4v) is 2.50. The van der Waals surface area contributed by atoms with Gasteiger partial charge in [-0.25, -0.2) is 5.43 Å². The third-order valence-electron chi connectivity index (χ3n) is 3.94. The average molecular weight is 437 g/mol. The van der Waals surface area contributed by atoms with E-state index in [1.807, 2.05) is 6.92 Å². The number of ether oxygens (including phenoxy) is 2. The molecule has 0 aliphatic rings. The minimum atomic E-state index is -4.51. The number of rotatable bonds is 9. The van der Waals surface area contributed by atoms with Crippen molar-refractivity contribution in [1.29, 1.82) is 0 Å². The summed E-state index contributed by atoms with van der Waals surface area (Å²) in [6.07, 6.45) is -3.51. The second-order valence-corrected chi connectivity index (χ2v) is 6.26. The third-order valence-corrected chi connectivity index (χ3v) is 3.94. The summed E-state index contributed by atoms with van der Waals surface area (Å²) in [5.74, 6) is -0.00981. The van der Waals surface area contributed by atoms with Gasteiger partial charge in [0.05, 0.1) is 25.5 Å². The Kier molecular flexibility index (Phi) is 8.42. The molecule has 2 amide bonds. The van der Waals surface area contributed by atoms with E-state index in [4.69, 9.17) is 9.47 Å². The molecule has 0 spiro atoms. The number of methoxy groups -OCH3 is 1. The van der Waals surface area contributed by atoms with E-state index in [2.05, 4.69) is 15.8 Å². The molecule has 2 aromatic rings. The Morgan fingerprint density at radius 2 is 1.81 bits per heavy atom. The number of nitrogens with zero attached hydrogens (tertiary/aromatic N) is 1. The van der Waals surface area contributed by atoms with Crippen molar-refractivity contribution in [2.24, 2.45) is 5.10 Å². The van der Waals surface area contributed by atoms with Gasteiger partial charge in [-0.15, -0.1) is 0 Å². The molecule has 0 fully saturated rings. The summed E-state index contributed by atoms with van der Waals surface area (Å²) < 4.78 is 48.8. The number of hydrogen-bond acceptors (Lipinski definition) is 5. The molecule has 0 aliphatic heterocycles. The maximum absolute atomic E-state index is 12.7. The highest BCUT2D eigenvalue weighted by Crippen LogP contribution is 2.30. The van der Waals surface area contributed by atoms with Crippen LogP contribution in [-0.4, -0.2) is 31.7 Å². The lowest BCUT2D eigenvalue weighted by atomic mass is 10.2. The van der Waals surface area contributed by atoms with Crippen LogP contribution in [0.1, 0.15) is 30.9 Å². The van der Waals surface area contributed by atoms with Crippen LogP contribution in [-0.2, 0) is 15.8 Å². The van der Waals surface area contributed by atoms with Gasteiger partial charge < -0.3 is 14.8 Å². The largest absolute Gasteiger partial charge is 0.493 e. The van der Waals surface area contributed by atoms with Crippen LogP contribution in [0.3, 0.4) is 0 Å². The lowest BCUT2D eigenvalue weighted by molar-refractivity contribution is -0.137. The second-order valence-electron chi connectivity index (χ2n) is 6.26. The number of halogens is 3. The fraction of sp³-hybridized carbons (Fsp3) is 0.286. The molecular weight excluding hydrogens is 415 g/mol. The number of carbonyl (C=O) groups is 2. The highest BCUT2D eigenvalue weighted by Gasteiger charge is 2.30. The van der Waals surface area contributed by atoms with Gasteiger partial charge >= 0.3 is 6.18 Å². The van der Waals surface area contributed by atoms with Gasteiger partial charge in [0.25, 0.3) is 0 Å². The zero-order valence-corrected chi connectivity index (χ0v) is 17.0. The van der Waals surface area contributed by atoms with E-state index in [0.717, 1.165) is 12.1 Å².